The van der Waals surface area contributed by atoms with Gasteiger partial charge in [-0.05, 0) is 23.7 Å². The van der Waals surface area contributed by atoms with Gasteiger partial charge in [-0.1, -0.05) is 23.7 Å². The Balaban J connectivity index is 1.91. The molecule has 8 heteroatoms. The van der Waals surface area contributed by atoms with Crippen LogP contribution in [0.5, 0.6) is 0 Å². The first-order valence-electron chi connectivity index (χ1n) is 5.91. The van der Waals surface area contributed by atoms with E-state index in [1.54, 1.807) is 12.1 Å². The van der Waals surface area contributed by atoms with Gasteiger partial charge in [-0.25, -0.2) is 9.97 Å². The molecule has 3 aromatic rings. The molecule has 0 saturated carbocycles. The summed E-state index contributed by atoms with van der Waals surface area (Å²) in [5.41, 5.74) is 7.48. The van der Waals surface area contributed by atoms with Gasteiger partial charge in [-0.15, -0.1) is 0 Å². The lowest BCUT2D eigenvalue weighted by atomic mass is 10.2. The van der Waals surface area contributed by atoms with Crippen molar-refractivity contribution in [1.29, 1.82) is 0 Å². The lowest BCUT2D eigenvalue weighted by Crippen LogP contribution is -2.13. The van der Waals surface area contributed by atoms with Crippen molar-refractivity contribution in [3.8, 4) is 0 Å². The number of rotatable bonds is 2. The molecule has 0 radical (unpaired) electrons. The SMILES string of the molecule is Nc1cccc2cc(C(=O)Nc3cc(Cl)nc(Cl)n3)[nH]c12. The van der Waals surface area contributed by atoms with E-state index in [-0.39, 0.29) is 22.2 Å². The van der Waals surface area contributed by atoms with Crippen LogP contribution < -0.4 is 11.1 Å². The molecule has 4 N–H and O–H groups in total. The molecule has 2 aromatic heterocycles. The van der Waals surface area contributed by atoms with Crippen molar-refractivity contribution in [3.63, 3.8) is 0 Å². The number of hydrogen-bond acceptors (Lipinski definition) is 4. The fourth-order valence-electron chi connectivity index (χ4n) is 1.94. The second-order valence-corrected chi connectivity index (χ2v) is 5.02. The molecular weight excluding hydrogens is 313 g/mol. The molecule has 3 rings (SSSR count). The summed E-state index contributed by atoms with van der Waals surface area (Å²) in [5.74, 6) is -0.159. The van der Waals surface area contributed by atoms with Crippen LogP contribution >= 0.6 is 23.2 Å². The highest BCUT2D eigenvalue weighted by atomic mass is 35.5. The molecule has 0 spiro atoms. The predicted molar refractivity (Wildman–Crippen MR) is 82.7 cm³/mol. The van der Waals surface area contributed by atoms with Gasteiger partial charge in [0.05, 0.1) is 11.2 Å². The third kappa shape index (κ3) is 2.76. The number of hydrogen-bond donors (Lipinski definition) is 3. The molecule has 1 aromatic carbocycles. The molecule has 0 saturated heterocycles. The largest absolute Gasteiger partial charge is 0.397 e. The zero-order valence-corrected chi connectivity index (χ0v) is 12.0. The summed E-state index contributed by atoms with van der Waals surface area (Å²) in [6.45, 7) is 0. The zero-order valence-electron chi connectivity index (χ0n) is 10.5. The second kappa shape index (κ2) is 5.23. The molecule has 2 heterocycles. The maximum Gasteiger partial charge on any atom is 0.273 e. The van der Waals surface area contributed by atoms with Crippen molar-refractivity contribution < 1.29 is 4.79 Å². The molecule has 6 nitrogen and oxygen atoms in total. The number of para-hydroxylation sites is 1. The number of halogens is 2. The normalized spacial score (nSPS) is 10.8. The van der Waals surface area contributed by atoms with Crippen LogP contribution in [0.4, 0.5) is 11.5 Å². The number of anilines is 2. The van der Waals surface area contributed by atoms with Gasteiger partial charge in [0.1, 0.15) is 16.7 Å². The summed E-state index contributed by atoms with van der Waals surface area (Å²) in [7, 11) is 0. The van der Waals surface area contributed by atoms with Gasteiger partial charge in [0.15, 0.2) is 0 Å². The number of nitrogens with zero attached hydrogens (tertiary/aromatic N) is 2. The van der Waals surface area contributed by atoms with E-state index < -0.39 is 0 Å². The first-order chi connectivity index (χ1) is 10.0. The van der Waals surface area contributed by atoms with Gasteiger partial charge < -0.3 is 16.0 Å². The van der Waals surface area contributed by atoms with Crippen LogP contribution in [0.15, 0.2) is 30.3 Å². The standard InChI is InChI=1S/C13H9Cl2N5O/c14-9-5-10(20-13(15)18-9)19-12(21)8-4-6-2-1-3-7(16)11(6)17-8/h1-5,17H,16H2,(H,18,19,20,21). The average molecular weight is 322 g/mol. The number of nitrogens with one attached hydrogen (secondary N) is 2. The Morgan fingerprint density at radius 2 is 2.05 bits per heavy atom. The highest BCUT2D eigenvalue weighted by molar-refractivity contribution is 6.32. The number of aromatic amines is 1. The van der Waals surface area contributed by atoms with Crippen molar-refractivity contribution >= 4 is 51.5 Å². The maximum absolute atomic E-state index is 12.2. The zero-order chi connectivity index (χ0) is 15.0. The van der Waals surface area contributed by atoms with Gasteiger partial charge in [0.2, 0.25) is 5.28 Å². The Labute approximate surface area is 129 Å². The van der Waals surface area contributed by atoms with E-state index in [1.165, 1.54) is 6.07 Å². The van der Waals surface area contributed by atoms with Crippen LogP contribution in [0.1, 0.15) is 10.5 Å². The fraction of sp³-hybridized carbons (Fsp3) is 0. The van der Waals surface area contributed by atoms with Crippen LogP contribution in [-0.4, -0.2) is 20.9 Å². The lowest BCUT2D eigenvalue weighted by Gasteiger charge is -2.03. The quantitative estimate of drug-likeness (QED) is 0.384. The summed E-state index contributed by atoms with van der Waals surface area (Å²) in [6, 6.07) is 8.53. The number of carbonyl (C=O) groups is 1. The van der Waals surface area contributed by atoms with Crippen LogP contribution in [-0.2, 0) is 0 Å². The molecule has 1 amide bonds. The first-order valence-corrected chi connectivity index (χ1v) is 6.67. The van der Waals surface area contributed by atoms with Crippen molar-refractivity contribution in [1.82, 2.24) is 15.0 Å². The first kappa shape index (κ1) is 13.7. The van der Waals surface area contributed by atoms with Crippen LogP contribution in [0, 0.1) is 0 Å². The van der Waals surface area contributed by atoms with E-state index in [0.717, 1.165) is 5.39 Å². The van der Waals surface area contributed by atoms with E-state index >= 15 is 0 Å². The van der Waals surface area contributed by atoms with E-state index in [9.17, 15) is 4.79 Å². The number of nitrogens with two attached hydrogens (primary N) is 1. The van der Waals surface area contributed by atoms with Crippen LogP contribution in [0.3, 0.4) is 0 Å². The molecule has 21 heavy (non-hydrogen) atoms. The molecule has 0 aliphatic heterocycles. The molecule has 0 unspecified atom stereocenters. The molecule has 0 atom stereocenters. The molecule has 0 aliphatic carbocycles. The third-order valence-electron chi connectivity index (χ3n) is 2.84. The van der Waals surface area contributed by atoms with Gasteiger partial charge in [0.25, 0.3) is 5.91 Å². The number of nitrogen functional groups attached to an aromatic ring is 1. The molecule has 0 aliphatic rings. The summed E-state index contributed by atoms with van der Waals surface area (Å²) in [6.07, 6.45) is 0. The van der Waals surface area contributed by atoms with Crippen molar-refractivity contribution in [2.24, 2.45) is 0 Å². The smallest absolute Gasteiger partial charge is 0.273 e. The summed E-state index contributed by atoms with van der Waals surface area (Å²) >= 11 is 11.4. The number of amides is 1. The Morgan fingerprint density at radius 3 is 2.76 bits per heavy atom. The summed E-state index contributed by atoms with van der Waals surface area (Å²) < 4.78 is 0. The number of aromatic nitrogens is 3. The molecule has 0 bridgehead atoms. The Kier molecular flexibility index (Phi) is 3.40. The minimum atomic E-state index is -0.378. The highest BCUT2D eigenvalue weighted by Crippen LogP contribution is 2.22. The van der Waals surface area contributed by atoms with E-state index in [0.29, 0.717) is 16.9 Å². The topological polar surface area (TPSA) is 96.7 Å². The monoisotopic (exact) mass is 321 g/mol. The summed E-state index contributed by atoms with van der Waals surface area (Å²) in [4.78, 5) is 22.7. The van der Waals surface area contributed by atoms with E-state index in [2.05, 4.69) is 20.3 Å². The Hall–Kier alpha value is -2.31. The highest BCUT2D eigenvalue weighted by Gasteiger charge is 2.12. The number of H-pyrrole nitrogens is 1. The van der Waals surface area contributed by atoms with E-state index in [4.69, 9.17) is 28.9 Å². The number of carbonyl (C=O) groups excluding carboxylic acids is 1. The number of fused-ring (bicyclic) bond motifs is 1. The van der Waals surface area contributed by atoms with Crippen molar-refractivity contribution in [2.45, 2.75) is 0 Å². The minimum Gasteiger partial charge on any atom is -0.397 e. The molecule has 0 fully saturated rings. The van der Waals surface area contributed by atoms with Gasteiger partial charge in [-0.3, -0.25) is 4.79 Å². The Bertz CT molecular complexity index is 825. The van der Waals surface area contributed by atoms with Gasteiger partial charge in [0, 0.05) is 11.5 Å². The molecular formula is C13H9Cl2N5O. The van der Waals surface area contributed by atoms with Crippen LogP contribution in [0.25, 0.3) is 10.9 Å². The summed E-state index contributed by atoms with van der Waals surface area (Å²) in [5, 5.41) is 3.54. The van der Waals surface area contributed by atoms with Crippen molar-refractivity contribution in [2.75, 3.05) is 11.1 Å². The average Bonchev–Trinajstić information content (AvgIpc) is 2.83. The predicted octanol–water partition coefficient (Wildman–Crippen LogP) is 3.10. The second-order valence-electron chi connectivity index (χ2n) is 4.29. The number of benzene rings is 1. The van der Waals surface area contributed by atoms with Crippen molar-refractivity contribution in [3.05, 3.63) is 46.5 Å². The lowest BCUT2D eigenvalue weighted by molar-refractivity contribution is 0.102. The van der Waals surface area contributed by atoms with E-state index in [1.807, 2.05) is 12.1 Å². The maximum atomic E-state index is 12.2. The third-order valence-corrected chi connectivity index (χ3v) is 3.20. The fourth-order valence-corrected chi connectivity index (χ4v) is 2.35. The minimum absolute atomic E-state index is 0.0429. The molecule has 106 valence electrons. The van der Waals surface area contributed by atoms with Gasteiger partial charge >= 0.3 is 0 Å². The Morgan fingerprint density at radius 1 is 1.24 bits per heavy atom. The van der Waals surface area contributed by atoms with Crippen LogP contribution in [0.2, 0.25) is 10.4 Å². The van der Waals surface area contributed by atoms with Gasteiger partial charge in [-0.2, -0.15) is 0 Å².